The Bertz CT molecular complexity index is 892. The zero-order valence-corrected chi connectivity index (χ0v) is 15.2. The smallest absolute Gasteiger partial charge is 0.338 e. The fourth-order valence-corrected chi connectivity index (χ4v) is 2.41. The maximum atomic E-state index is 12.3. The van der Waals surface area contributed by atoms with Crippen molar-refractivity contribution in [2.45, 2.75) is 20.5 Å². The third-order valence-corrected chi connectivity index (χ3v) is 3.61. The molecule has 2 aromatic carbocycles. The Kier molecular flexibility index (Phi) is 6.04. The molecular formula is C20H20N2O5. The normalized spacial score (nSPS) is 10.4. The predicted octanol–water partition coefficient (Wildman–Crippen LogP) is 3.89. The highest BCUT2D eigenvalue weighted by Crippen LogP contribution is 2.29. The molecule has 0 N–H and O–H groups in total. The lowest BCUT2D eigenvalue weighted by atomic mass is 10.2. The van der Waals surface area contributed by atoms with Crippen molar-refractivity contribution in [2.75, 3.05) is 13.2 Å². The molecule has 7 heteroatoms. The first-order chi connectivity index (χ1) is 13.2. The number of hydrogen-bond acceptors (Lipinski definition) is 7. The van der Waals surface area contributed by atoms with Crippen molar-refractivity contribution in [3.05, 3.63) is 60.0 Å². The van der Waals surface area contributed by atoms with Gasteiger partial charge < -0.3 is 18.7 Å². The number of benzene rings is 2. The third-order valence-electron chi connectivity index (χ3n) is 3.61. The molecule has 0 aliphatic heterocycles. The number of aromatic nitrogens is 2. The van der Waals surface area contributed by atoms with Crippen molar-refractivity contribution in [1.82, 2.24) is 10.1 Å². The summed E-state index contributed by atoms with van der Waals surface area (Å²) in [7, 11) is 0. The van der Waals surface area contributed by atoms with Crippen molar-refractivity contribution in [1.29, 1.82) is 0 Å². The fourth-order valence-electron chi connectivity index (χ4n) is 2.41. The van der Waals surface area contributed by atoms with E-state index in [4.69, 9.17) is 18.7 Å². The minimum atomic E-state index is -0.515. The van der Waals surface area contributed by atoms with E-state index in [9.17, 15) is 4.79 Å². The third kappa shape index (κ3) is 4.63. The first-order valence-corrected chi connectivity index (χ1v) is 8.66. The largest absolute Gasteiger partial charge is 0.490 e. The summed E-state index contributed by atoms with van der Waals surface area (Å²) in [5.74, 6) is 1.23. The molecule has 0 unspecified atom stereocenters. The molecule has 0 saturated carbocycles. The van der Waals surface area contributed by atoms with Crippen LogP contribution in [-0.4, -0.2) is 29.3 Å². The summed E-state index contributed by atoms with van der Waals surface area (Å²) in [6.07, 6.45) is 0. The van der Waals surface area contributed by atoms with E-state index in [1.807, 2.05) is 44.2 Å². The van der Waals surface area contributed by atoms with Crippen LogP contribution in [-0.2, 0) is 11.3 Å². The summed E-state index contributed by atoms with van der Waals surface area (Å²) in [4.78, 5) is 16.5. The monoisotopic (exact) mass is 368 g/mol. The Labute approximate surface area is 156 Å². The maximum absolute atomic E-state index is 12.3. The molecule has 27 heavy (non-hydrogen) atoms. The summed E-state index contributed by atoms with van der Waals surface area (Å²) >= 11 is 0. The number of ether oxygens (including phenoxy) is 3. The van der Waals surface area contributed by atoms with Gasteiger partial charge in [-0.25, -0.2) is 4.79 Å². The van der Waals surface area contributed by atoms with E-state index in [1.54, 1.807) is 18.2 Å². The van der Waals surface area contributed by atoms with Crippen molar-refractivity contribution in [3.63, 3.8) is 0 Å². The summed E-state index contributed by atoms with van der Waals surface area (Å²) in [6.45, 7) is 4.59. The molecule has 0 radical (unpaired) electrons. The molecule has 1 heterocycles. The topological polar surface area (TPSA) is 83.7 Å². The second-order valence-corrected chi connectivity index (χ2v) is 5.48. The van der Waals surface area contributed by atoms with E-state index in [0.717, 1.165) is 5.56 Å². The van der Waals surface area contributed by atoms with Crippen LogP contribution in [0.2, 0.25) is 0 Å². The van der Waals surface area contributed by atoms with Gasteiger partial charge in [0.1, 0.15) is 0 Å². The van der Waals surface area contributed by atoms with E-state index < -0.39 is 5.97 Å². The Balaban J connectivity index is 1.66. The van der Waals surface area contributed by atoms with Gasteiger partial charge in [-0.1, -0.05) is 35.5 Å². The molecule has 0 amide bonds. The summed E-state index contributed by atoms with van der Waals surface area (Å²) in [5.41, 5.74) is 1.18. The number of rotatable bonds is 8. The Morgan fingerprint density at radius 2 is 1.74 bits per heavy atom. The standard InChI is InChI=1S/C20H20N2O5/c1-3-24-16-11-10-15(12-17(16)25-4-2)20(23)26-13-18-21-19(22-27-18)14-8-6-5-7-9-14/h5-12H,3-4,13H2,1-2H3. The van der Waals surface area contributed by atoms with Gasteiger partial charge in [0.25, 0.3) is 5.89 Å². The zero-order chi connectivity index (χ0) is 19.1. The number of hydrogen-bond donors (Lipinski definition) is 0. The van der Waals surface area contributed by atoms with Crippen LogP contribution < -0.4 is 9.47 Å². The van der Waals surface area contributed by atoms with Crippen molar-refractivity contribution in [2.24, 2.45) is 0 Å². The minimum absolute atomic E-state index is 0.115. The van der Waals surface area contributed by atoms with Crippen LogP contribution in [0.15, 0.2) is 53.1 Å². The van der Waals surface area contributed by atoms with Crippen LogP contribution in [0, 0.1) is 0 Å². The number of nitrogens with zero attached hydrogens (tertiary/aromatic N) is 2. The maximum Gasteiger partial charge on any atom is 0.338 e. The molecular weight excluding hydrogens is 348 g/mol. The van der Waals surface area contributed by atoms with Gasteiger partial charge in [-0.2, -0.15) is 4.98 Å². The predicted molar refractivity (Wildman–Crippen MR) is 97.6 cm³/mol. The molecule has 140 valence electrons. The van der Waals surface area contributed by atoms with Crippen LogP contribution in [0.25, 0.3) is 11.4 Å². The van der Waals surface area contributed by atoms with Gasteiger partial charge in [0.2, 0.25) is 5.82 Å². The lowest BCUT2D eigenvalue weighted by Crippen LogP contribution is -2.07. The Morgan fingerprint density at radius 1 is 1.00 bits per heavy atom. The highest BCUT2D eigenvalue weighted by atomic mass is 16.6. The molecule has 0 fully saturated rings. The van der Waals surface area contributed by atoms with Gasteiger partial charge in [-0.05, 0) is 32.0 Å². The quantitative estimate of drug-likeness (QED) is 0.558. The second-order valence-electron chi connectivity index (χ2n) is 5.48. The molecule has 7 nitrogen and oxygen atoms in total. The second kappa shape index (κ2) is 8.84. The van der Waals surface area contributed by atoms with Gasteiger partial charge >= 0.3 is 5.97 Å². The van der Waals surface area contributed by atoms with Gasteiger partial charge in [0.15, 0.2) is 18.1 Å². The van der Waals surface area contributed by atoms with Crippen LogP contribution in [0.5, 0.6) is 11.5 Å². The molecule has 0 saturated heterocycles. The SMILES string of the molecule is CCOc1ccc(C(=O)OCc2nc(-c3ccccc3)no2)cc1OCC. The summed E-state index contributed by atoms with van der Waals surface area (Å²) in [5, 5.41) is 3.89. The first kappa shape index (κ1) is 18.4. The molecule has 3 rings (SSSR count). The van der Waals surface area contributed by atoms with Gasteiger partial charge in [0, 0.05) is 5.56 Å². The zero-order valence-electron chi connectivity index (χ0n) is 15.2. The van der Waals surface area contributed by atoms with E-state index in [1.165, 1.54) is 0 Å². The van der Waals surface area contributed by atoms with Gasteiger partial charge in [0.05, 0.1) is 18.8 Å². The van der Waals surface area contributed by atoms with Crippen LogP contribution >= 0.6 is 0 Å². The average Bonchev–Trinajstić information content (AvgIpc) is 3.17. The highest BCUT2D eigenvalue weighted by Gasteiger charge is 2.15. The Hall–Kier alpha value is -3.35. The molecule has 0 bridgehead atoms. The van der Waals surface area contributed by atoms with Gasteiger partial charge in [-0.15, -0.1) is 0 Å². The minimum Gasteiger partial charge on any atom is -0.490 e. The van der Waals surface area contributed by atoms with Crippen LogP contribution in [0.4, 0.5) is 0 Å². The highest BCUT2D eigenvalue weighted by molar-refractivity contribution is 5.90. The van der Waals surface area contributed by atoms with E-state index >= 15 is 0 Å². The summed E-state index contributed by atoms with van der Waals surface area (Å²) < 4.78 is 21.4. The average molecular weight is 368 g/mol. The van der Waals surface area contributed by atoms with Crippen molar-refractivity contribution < 1.29 is 23.5 Å². The Morgan fingerprint density at radius 3 is 2.48 bits per heavy atom. The number of esters is 1. The molecule has 0 aliphatic rings. The summed E-state index contributed by atoms with van der Waals surface area (Å²) in [6, 6.07) is 14.3. The van der Waals surface area contributed by atoms with Gasteiger partial charge in [-0.3, -0.25) is 0 Å². The lowest BCUT2D eigenvalue weighted by Gasteiger charge is -2.11. The molecule has 0 aliphatic carbocycles. The molecule has 1 aromatic heterocycles. The van der Waals surface area contributed by atoms with E-state index in [0.29, 0.717) is 36.1 Å². The number of carbonyl (C=O) groups is 1. The fraction of sp³-hybridized carbons (Fsp3) is 0.250. The first-order valence-electron chi connectivity index (χ1n) is 8.66. The van der Waals surface area contributed by atoms with Crippen LogP contribution in [0.1, 0.15) is 30.1 Å². The molecule has 3 aromatic rings. The molecule has 0 spiro atoms. The lowest BCUT2D eigenvalue weighted by molar-refractivity contribution is 0.0429. The van der Waals surface area contributed by atoms with E-state index in [-0.39, 0.29) is 12.5 Å². The molecule has 0 atom stereocenters. The van der Waals surface area contributed by atoms with Crippen LogP contribution in [0.3, 0.4) is 0 Å². The van der Waals surface area contributed by atoms with Crippen molar-refractivity contribution in [3.8, 4) is 22.9 Å². The van der Waals surface area contributed by atoms with E-state index in [2.05, 4.69) is 10.1 Å². The number of carbonyl (C=O) groups excluding carboxylic acids is 1. The van der Waals surface area contributed by atoms with Crippen molar-refractivity contribution >= 4 is 5.97 Å².